The highest BCUT2D eigenvalue weighted by Gasteiger charge is 2.02. The van der Waals surface area contributed by atoms with Crippen LogP contribution in [0, 0.1) is 18.8 Å². The Morgan fingerprint density at radius 3 is 2.86 bits per heavy atom. The number of carbonyl (C=O) groups excluding carboxylic acids is 1. The Hall–Kier alpha value is -3.13. The molecule has 1 amide bonds. The molecule has 2 aromatic carbocycles. The fourth-order valence-corrected chi connectivity index (χ4v) is 2.13. The van der Waals surface area contributed by atoms with Gasteiger partial charge < -0.3 is 5.32 Å². The summed E-state index contributed by atoms with van der Waals surface area (Å²) in [5.74, 6) is 6.42. The van der Waals surface area contributed by atoms with Gasteiger partial charge in [0.05, 0.1) is 6.54 Å². The standard InChI is InChI=1S/C17H14N4O/c1-12-19-16(21-20-12)11-18-17(22)10-9-14-7-4-6-13-5-2-3-8-15(13)14/h2-8H,11H2,1H3,(H,18,22)(H,19,20,21). The molecule has 0 atom stereocenters. The molecule has 0 aliphatic heterocycles. The Balaban J connectivity index is 1.72. The van der Waals surface area contributed by atoms with Crippen LogP contribution in [0.3, 0.4) is 0 Å². The topological polar surface area (TPSA) is 70.7 Å². The lowest BCUT2D eigenvalue weighted by molar-refractivity contribution is -0.115. The van der Waals surface area contributed by atoms with Crippen molar-refractivity contribution >= 4 is 16.7 Å². The van der Waals surface area contributed by atoms with Crippen LogP contribution < -0.4 is 5.32 Å². The molecule has 0 aliphatic rings. The van der Waals surface area contributed by atoms with Crippen LogP contribution in [0.15, 0.2) is 42.5 Å². The van der Waals surface area contributed by atoms with Gasteiger partial charge in [0.15, 0.2) is 5.82 Å². The molecular weight excluding hydrogens is 276 g/mol. The molecule has 0 fully saturated rings. The third kappa shape index (κ3) is 3.13. The number of aryl methyl sites for hydroxylation is 1. The van der Waals surface area contributed by atoms with Gasteiger partial charge in [-0.15, -0.1) is 0 Å². The number of hydrogen-bond acceptors (Lipinski definition) is 3. The maximum atomic E-state index is 11.8. The van der Waals surface area contributed by atoms with E-state index in [9.17, 15) is 4.79 Å². The van der Waals surface area contributed by atoms with Crippen LogP contribution in [0.4, 0.5) is 0 Å². The summed E-state index contributed by atoms with van der Waals surface area (Å²) in [6, 6.07) is 13.8. The molecule has 2 N–H and O–H groups in total. The van der Waals surface area contributed by atoms with Crippen LogP contribution in [0.1, 0.15) is 17.2 Å². The molecule has 0 radical (unpaired) electrons. The predicted molar refractivity (Wildman–Crippen MR) is 83.8 cm³/mol. The third-order valence-corrected chi connectivity index (χ3v) is 3.15. The number of benzene rings is 2. The lowest BCUT2D eigenvalue weighted by Crippen LogP contribution is -2.21. The van der Waals surface area contributed by atoms with Crippen molar-refractivity contribution in [3.05, 3.63) is 59.7 Å². The highest BCUT2D eigenvalue weighted by Crippen LogP contribution is 2.17. The quantitative estimate of drug-likeness (QED) is 0.709. The molecule has 0 spiro atoms. The molecule has 5 nitrogen and oxygen atoms in total. The summed E-state index contributed by atoms with van der Waals surface area (Å²) in [7, 11) is 0. The van der Waals surface area contributed by atoms with E-state index in [2.05, 4.69) is 32.3 Å². The molecule has 3 aromatic rings. The summed E-state index contributed by atoms with van der Waals surface area (Å²) >= 11 is 0. The molecular formula is C17H14N4O. The summed E-state index contributed by atoms with van der Waals surface area (Å²) in [4.78, 5) is 15.9. The van der Waals surface area contributed by atoms with Crippen molar-refractivity contribution in [3.63, 3.8) is 0 Å². The van der Waals surface area contributed by atoms with Crippen molar-refractivity contribution in [1.82, 2.24) is 20.5 Å². The summed E-state index contributed by atoms with van der Waals surface area (Å²) < 4.78 is 0. The monoisotopic (exact) mass is 290 g/mol. The summed E-state index contributed by atoms with van der Waals surface area (Å²) in [5, 5.41) is 11.5. The summed E-state index contributed by atoms with van der Waals surface area (Å²) in [6.07, 6.45) is 0. The minimum absolute atomic E-state index is 0.257. The van der Waals surface area contributed by atoms with Crippen LogP contribution >= 0.6 is 0 Å². The molecule has 5 heteroatoms. The Morgan fingerprint density at radius 1 is 1.23 bits per heavy atom. The first-order chi connectivity index (χ1) is 10.7. The number of amides is 1. The van der Waals surface area contributed by atoms with E-state index in [0.29, 0.717) is 11.6 Å². The number of aromatic nitrogens is 3. The van der Waals surface area contributed by atoms with Crippen LogP contribution in [-0.4, -0.2) is 21.1 Å². The highest BCUT2D eigenvalue weighted by molar-refractivity contribution is 5.96. The van der Waals surface area contributed by atoms with Crippen molar-refractivity contribution in [2.75, 3.05) is 0 Å². The van der Waals surface area contributed by atoms with E-state index in [4.69, 9.17) is 0 Å². The first-order valence-corrected chi connectivity index (χ1v) is 6.88. The van der Waals surface area contributed by atoms with Gasteiger partial charge in [-0.2, -0.15) is 5.10 Å². The number of H-pyrrole nitrogens is 1. The maximum absolute atomic E-state index is 11.8. The average Bonchev–Trinajstić information content (AvgIpc) is 2.96. The average molecular weight is 290 g/mol. The zero-order valence-electron chi connectivity index (χ0n) is 12.1. The van der Waals surface area contributed by atoms with E-state index >= 15 is 0 Å². The molecule has 0 aliphatic carbocycles. The van der Waals surface area contributed by atoms with Gasteiger partial charge in [-0.05, 0) is 23.8 Å². The van der Waals surface area contributed by atoms with Gasteiger partial charge in [-0.1, -0.05) is 42.3 Å². The molecule has 0 saturated carbocycles. The fraction of sp³-hybridized carbons (Fsp3) is 0.118. The van der Waals surface area contributed by atoms with Gasteiger partial charge in [-0.3, -0.25) is 9.89 Å². The van der Waals surface area contributed by atoms with Crippen molar-refractivity contribution < 1.29 is 4.79 Å². The van der Waals surface area contributed by atoms with E-state index < -0.39 is 0 Å². The zero-order valence-corrected chi connectivity index (χ0v) is 12.1. The molecule has 0 bridgehead atoms. The molecule has 1 heterocycles. The van der Waals surface area contributed by atoms with E-state index in [0.717, 1.165) is 16.3 Å². The Kier molecular flexibility index (Phi) is 3.84. The number of carbonyl (C=O) groups is 1. The van der Waals surface area contributed by atoms with Crippen molar-refractivity contribution in [3.8, 4) is 11.8 Å². The van der Waals surface area contributed by atoms with Gasteiger partial charge in [0.1, 0.15) is 5.82 Å². The number of hydrogen-bond donors (Lipinski definition) is 2. The van der Waals surface area contributed by atoms with Gasteiger partial charge in [0.2, 0.25) is 0 Å². The number of aromatic amines is 1. The molecule has 0 unspecified atom stereocenters. The van der Waals surface area contributed by atoms with E-state index in [1.165, 1.54) is 0 Å². The molecule has 1 aromatic heterocycles. The normalized spacial score (nSPS) is 10.0. The second-order valence-corrected chi connectivity index (χ2v) is 4.80. The predicted octanol–water partition coefficient (Wildman–Crippen LogP) is 1.93. The smallest absolute Gasteiger partial charge is 0.296 e. The van der Waals surface area contributed by atoms with Crippen molar-refractivity contribution in [2.24, 2.45) is 0 Å². The second kappa shape index (κ2) is 6.10. The van der Waals surface area contributed by atoms with E-state index in [1.54, 1.807) is 6.92 Å². The van der Waals surface area contributed by atoms with Gasteiger partial charge in [0, 0.05) is 11.5 Å². The van der Waals surface area contributed by atoms with Crippen LogP contribution in [-0.2, 0) is 11.3 Å². The lowest BCUT2D eigenvalue weighted by atomic mass is 10.1. The van der Waals surface area contributed by atoms with Crippen LogP contribution in [0.25, 0.3) is 10.8 Å². The first kappa shape index (κ1) is 13.8. The SMILES string of the molecule is Cc1nc(CNC(=O)C#Cc2cccc3ccccc23)n[nH]1. The van der Waals surface area contributed by atoms with Gasteiger partial charge in [0.25, 0.3) is 5.91 Å². The number of nitrogens with zero attached hydrogens (tertiary/aromatic N) is 2. The summed E-state index contributed by atoms with van der Waals surface area (Å²) in [5.41, 5.74) is 0.835. The van der Waals surface area contributed by atoms with Crippen LogP contribution in [0.5, 0.6) is 0 Å². The number of nitrogens with one attached hydrogen (secondary N) is 2. The zero-order chi connectivity index (χ0) is 15.4. The Bertz CT molecular complexity index is 881. The highest BCUT2D eigenvalue weighted by atomic mass is 16.1. The van der Waals surface area contributed by atoms with Gasteiger partial charge >= 0.3 is 0 Å². The second-order valence-electron chi connectivity index (χ2n) is 4.80. The molecule has 22 heavy (non-hydrogen) atoms. The Morgan fingerprint density at radius 2 is 2.05 bits per heavy atom. The molecule has 0 saturated heterocycles. The maximum Gasteiger partial charge on any atom is 0.296 e. The first-order valence-electron chi connectivity index (χ1n) is 6.88. The number of rotatable bonds is 2. The fourth-order valence-electron chi connectivity index (χ4n) is 2.13. The molecule has 3 rings (SSSR count). The van der Waals surface area contributed by atoms with Crippen LogP contribution in [0.2, 0.25) is 0 Å². The largest absolute Gasteiger partial charge is 0.338 e. The minimum atomic E-state index is -0.351. The van der Waals surface area contributed by atoms with E-state index in [-0.39, 0.29) is 12.5 Å². The van der Waals surface area contributed by atoms with Crippen molar-refractivity contribution in [2.45, 2.75) is 13.5 Å². The minimum Gasteiger partial charge on any atom is -0.338 e. The van der Waals surface area contributed by atoms with Gasteiger partial charge in [-0.25, -0.2) is 4.98 Å². The molecule has 108 valence electrons. The Labute approximate surface area is 127 Å². The summed E-state index contributed by atoms with van der Waals surface area (Å²) in [6.45, 7) is 2.06. The lowest BCUT2D eigenvalue weighted by Gasteiger charge is -1.99. The number of fused-ring (bicyclic) bond motifs is 1. The third-order valence-electron chi connectivity index (χ3n) is 3.15. The van der Waals surface area contributed by atoms with E-state index in [1.807, 2.05) is 42.5 Å². The van der Waals surface area contributed by atoms with Crippen molar-refractivity contribution in [1.29, 1.82) is 0 Å².